The van der Waals surface area contributed by atoms with Gasteiger partial charge in [-0.3, -0.25) is 0 Å². The molecule has 0 aliphatic rings. The molecule has 0 aliphatic carbocycles. The summed E-state index contributed by atoms with van der Waals surface area (Å²) in [7, 11) is 0. The molecular weight excluding hydrogens is 322 g/mol. The van der Waals surface area contributed by atoms with Gasteiger partial charge in [-0.15, -0.1) is 0 Å². The van der Waals surface area contributed by atoms with Crippen LogP contribution < -0.4 is 0 Å². The lowest BCUT2D eigenvalue weighted by molar-refractivity contribution is -0.399. The Morgan fingerprint density at radius 1 is 0.619 bits per heavy atom. The van der Waals surface area contributed by atoms with Gasteiger partial charge in [0.05, 0.1) is 0 Å². The maximum atomic E-state index is 13.1. The van der Waals surface area contributed by atoms with E-state index in [9.17, 15) is 43.9 Å². The van der Waals surface area contributed by atoms with E-state index >= 15 is 0 Å². The Morgan fingerprint density at radius 3 is 1.38 bits per heavy atom. The number of halogens is 10. The van der Waals surface area contributed by atoms with E-state index in [4.69, 9.17) is 0 Å². The van der Waals surface area contributed by atoms with Crippen molar-refractivity contribution >= 4 is 0 Å². The first-order valence-corrected chi connectivity index (χ1v) is 5.95. The molecule has 0 heterocycles. The van der Waals surface area contributed by atoms with Crippen molar-refractivity contribution in [3.63, 3.8) is 0 Å². The third-order valence-corrected chi connectivity index (χ3v) is 2.89. The van der Waals surface area contributed by atoms with Gasteiger partial charge in [0, 0.05) is 13.3 Å². The number of unbranched alkanes of at least 4 members (excludes halogenated alkanes) is 2. The zero-order chi connectivity index (χ0) is 17.3. The van der Waals surface area contributed by atoms with Gasteiger partial charge in [-0.1, -0.05) is 19.8 Å². The average Bonchev–Trinajstić information content (AvgIpc) is 2.26. The zero-order valence-electron chi connectivity index (χ0n) is 11.1. The smallest absolute Gasteiger partial charge is 0.200 e. The predicted octanol–water partition coefficient (Wildman–Crippen LogP) is 5.76. The summed E-state index contributed by atoms with van der Waals surface area (Å²) in [5, 5.41) is 0. The fourth-order valence-corrected chi connectivity index (χ4v) is 1.46. The first-order chi connectivity index (χ1) is 9.06. The van der Waals surface area contributed by atoms with Gasteiger partial charge in [0.1, 0.15) is 0 Å². The molecule has 21 heavy (non-hydrogen) atoms. The fourth-order valence-electron chi connectivity index (χ4n) is 1.46. The van der Waals surface area contributed by atoms with Crippen molar-refractivity contribution < 1.29 is 43.9 Å². The van der Waals surface area contributed by atoms with Crippen LogP contribution in [0.4, 0.5) is 43.9 Å². The first-order valence-electron chi connectivity index (χ1n) is 5.95. The van der Waals surface area contributed by atoms with Gasteiger partial charge in [0.15, 0.2) is 0 Å². The molecule has 0 aromatic carbocycles. The molecule has 0 fully saturated rings. The van der Waals surface area contributed by atoms with Crippen LogP contribution in [0.3, 0.4) is 0 Å². The maximum Gasteiger partial charge on any atom is 0.384 e. The maximum absolute atomic E-state index is 13.1. The summed E-state index contributed by atoms with van der Waals surface area (Å²) in [5.41, 5.74) is 0. The van der Waals surface area contributed by atoms with Crippen LogP contribution in [0, 0.1) is 0 Å². The molecule has 0 aromatic rings. The number of alkyl halides is 10. The quantitative estimate of drug-likeness (QED) is 0.390. The van der Waals surface area contributed by atoms with Gasteiger partial charge < -0.3 is 0 Å². The summed E-state index contributed by atoms with van der Waals surface area (Å²) in [4.78, 5) is 0. The van der Waals surface area contributed by atoms with Gasteiger partial charge >= 0.3 is 29.6 Å². The average molecular weight is 336 g/mol. The minimum Gasteiger partial charge on any atom is -0.200 e. The van der Waals surface area contributed by atoms with E-state index in [-0.39, 0.29) is 12.8 Å². The van der Waals surface area contributed by atoms with Gasteiger partial charge in [0.25, 0.3) is 0 Å². The van der Waals surface area contributed by atoms with E-state index < -0.39 is 49.4 Å². The van der Waals surface area contributed by atoms with Gasteiger partial charge in [0.2, 0.25) is 0 Å². The lowest BCUT2D eigenvalue weighted by Crippen LogP contribution is -2.66. The molecule has 0 rings (SSSR count). The van der Waals surface area contributed by atoms with E-state index in [1.54, 1.807) is 0 Å². The van der Waals surface area contributed by atoms with E-state index in [0.717, 1.165) is 0 Å². The van der Waals surface area contributed by atoms with Crippen LogP contribution in [0.2, 0.25) is 0 Å². The monoisotopic (exact) mass is 336 g/mol. The van der Waals surface area contributed by atoms with Crippen molar-refractivity contribution in [2.45, 2.75) is 69.1 Å². The van der Waals surface area contributed by atoms with E-state index in [2.05, 4.69) is 0 Å². The highest BCUT2D eigenvalue weighted by atomic mass is 19.4. The van der Waals surface area contributed by atoms with E-state index in [0.29, 0.717) is 0 Å². The van der Waals surface area contributed by atoms with Crippen LogP contribution in [0.25, 0.3) is 0 Å². The summed E-state index contributed by atoms with van der Waals surface area (Å²) >= 11 is 0. The van der Waals surface area contributed by atoms with Crippen molar-refractivity contribution in [2.24, 2.45) is 0 Å². The molecule has 0 spiro atoms. The van der Waals surface area contributed by atoms with Gasteiger partial charge in [-0.25, -0.2) is 0 Å². The second kappa shape index (κ2) is 5.83. The number of hydrogen-bond donors (Lipinski definition) is 0. The van der Waals surface area contributed by atoms with Crippen LogP contribution in [0.1, 0.15) is 39.5 Å². The van der Waals surface area contributed by atoms with Crippen molar-refractivity contribution in [3.8, 4) is 0 Å². The van der Waals surface area contributed by atoms with Crippen molar-refractivity contribution in [2.75, 3.05) is 0 Å². The largest absolute Gasteiger partial charge is 0.384 e. The van der Waals surface area contributed by atoms with Gasteiger partial charge in [-0.05, 0) is 6.42 Å². The molecule has 0 bridgehead atoms. The third-order valence-electron chi connectivity index (χ3n) is 2.89. The molecule has 0 unspecified atom stereocenters. The Balaban J connectivity index is 5.55. The fraction of sp³-hybridized carbons (Fsp3) is 1.00. The van der Waals surface area contributed by atoms with Crippen LogP contribution in [0.5, 0.6) is 0 Å². The highest BCUT2D eigenvalue weighted by Crippen LogP contribution is 2.57. The molecule has 128 valence electrons. The van der Waals surface area contributed by atoms with Crippen LogP contribution >= 0.6 is 0 Å². The SMILES string of the molecule is CCCCCC(F)(F)C(F)(F)C(F)(F)C(F)(F)C(C)(F)F. The number of rotatable bonds is 8. The molecular formula is C11H14F10. The van der Waals surface area contributed by atoms with Crippen molar-refractivity contribution in [1.29, 1.82) is 0 Å². The van der Waals surface area contributed by atoms with E-state index in [1.165, 1.54) is 6.92 Å². The normalized spacial score (nSPS) is 15.4. The lowest BCUT2D eigenvalue weighted by atomic mass is 9.92. The van der Waals surface area contributed by atoms with Crippen LogP contribution in [0.15, 0.2) is 0 Å². The molecule has 0 saturated carbocycles. The number of hydrogen-bond acceptors (Lipinski definition) is 0. The molecule has 0 nitrogen and oxygen atoms in total. The Hall–Kier alpha value is -0.700. The molecule has 0 radical (unpaired) electrons. The predicted molar refractivity (Wildman–Crippen MR) is 54.6 cm³/mol. The summed E-state index contributed by atoms with van der Waals surface area (Å²) in [5.74, 6) is -31.3. The van der Waals surface area contributed by atoms with Crippen LogP contribution in [-0.2, 0) is 0 Å². The minimum absolute atomic E-state index is 0.0302. The first kappa shape index (κ1) is 20.3. The Morgan fingerprint density at radius 2 is 1.05 bits per heavy atom. The van der Waals surface area contributed by atoms with Crippen LogP contribution in [-0.4, -0.2) is 29.6 Å². The summed E-state index contributed by atoms with van der Waals surface area (Å²) in [6.07, 6.45) is -2.20. The van der Waals surface area contributed by atoms with Gasteiger partial charge in [-0.2, -0.15) is 43.9 Å². The Labute approximate surface area is 114 Å². The second-order valence-electron chi connectivity index (χ2n) is 4.77. The summed E-state index contributed by atoms with van der Waals surface area (Å²) in [6.45, 7) is 0.753. The summed E-state index contributed by atoms with van der Waals surface area (Å²) in [6, 6.07) is 0. The molecule has 0 aromatic heterocycles. The third kappa shape index (κ3) is 3.39. The molecule has 10 heteroatoms. The molecule has 0 N–H and O–H groups in total. The standard InChI is InChI=1S/C11H14F10/c1-3-4-5-6-8(14,15)10(18,19)11(20,21)9(16,17)7(2,12)13/h3-6H2,1-2H3. The topological polar surface area (TPSA) is 0 Å². The molecule has 0 amide bonds. The highest BCUT2D eigenvalue weighted by molar-refractivity contribution is 5.07. The molecule has 0 atom stereocenters. The zero-order valence-corrected chi connectivity index (χ0v) is 11.1. The van der Waals surface area contributed by atoms with Crippen molar-refractivity contribution in [1.82, 2.24) is 0 Å². The Kier molecular flexibility index (Phi) is 5.63. The molecule has 0 aliphatic heterocycles. The molecule has 0 saturated heterocycles. The van der Waals surface area contributed by atoms with E-state index in [1.807, 2.05) is 0 Å². The summed E-state index contributed by atoms with van der Waals surface area (Å²) < 4.78 is 129. The Bertz CT molecular complexity index is 341. The second-order valence-corrected chi connectivity index (χ2v) is 4.77. The lowest BCUT2D eigenvalue weighted by Gasteiger charge is -2.38. The highest BCUT2D eigenvalue weighted by Gasteiger charge is 2.84. The minimum atomic E-state index is -6.91. The van der Waals surface area contributed by atoms with Crippen molar-refractivity contribution in [3.05, 3.63) is 0 Å².